The molecule has 35 heavy (non-hydrogen) atoms. The van der Waals surface area contributed by atoms with Crippen molar-refractivity contribution < 1.29 is 9.84 Å². The number of benzene rings is 2. The number of para-hydroxylation sites is 1. The number of hydrogen-bond donors (Lipinski definition) is 1. The van der Waals surface area contributed by atoms with Crippen molar-refractivity contribution in [1.82, 2.24) is 19.7 Å². The maximum Gasteiger partial charge on any atom is 0.196 e. The van der Waals surface area contributed by atoms with E-state index in [9.17, 15) is 5.11 Å². The Morgan fingerprint density at radius 3 is 2.40 bits per heavy atom. The van der Waals surface area contributed by atoms with Crippen molar-refractivity contribution in [1.29, 1.82) is 5.26 Å². The minimum Gasteiger partial charge on any atom is -0.491 e. The SMILES string of the molecule is CCc1cccc(CC)c1-n1c(SCC(O)COc2ccc(C#N)cc2)nnc1-c1cccnc1. The van der Waals surface area contributed by atoms with Crippen LogP contribution in [0.25, 0.3) is 17.1 Å². The van der Waals surface area contributed by atoms with Gasteiger partial charge in [-0.3, -0.25) is 9.55 Å². The van der Waals surface area contributed by atoms with E-state index >= 15 is 0 Å². The Morgan fingerprint density at radius 1 is 1.03 bits per heavy atom. The van der Waals surface area contributed by atoms with Gasteiger partial charge in [0.05, 0.1) is 23.4 Å². The summed E-state index contributed by atoms with van der Waals surface area (Å²) in [6.45, 7) is 4.42. The number of aryl methyl sites for hydroxylation is 2. The molecule has 7 nitrogen and oxygen atoms in total. The number of rotatable bonds is 10. The highest BCUT2D eigenvalue weighted by atomic mass is 32.2. The molecule has 4 rings (SSSR count). The van der Waals surface area contributed by atoms with Crippen LogP contribution in [-0.2, 0) is 12.8 Å². The quantitative estimate of drug-likeness (QED) is 0.321. The molecule has 0 aliphatic heterocycles. The fraction of sp³-hybridized carbons (Fsp3) is 0.259. The van der Waals surface area contributed by atoms with Gasteiger partial charge in [0.25, 0.3) is 0 Å². The first-order chi connectivity index (χ1) is 17.1. The van der Waals surface area contributed by atoms with Gasteiger partial charge in [0.1, 0.15) is 12.4 Å². The molecule has 0 aliphatic rings. The zero-order valence-corrected chi connectivity index (χ0v) is 20.6. The number of nitriles is 1. The van der Waals surface area contributed by atoms with Gasteiger partial charge in [-0.25, -0.2) is 0 Å². The third-order valence-corrected chi connectivity index (χ3v) is 6.65. The minimum absolute atomic E-state index is 0.133. The number of nitrogens with zero attached hydrogens (tertiary/aromatic N) is 5. The lowest BCUT2D eigenvalue weighted by Gasteiger charge is -2.18. The van der Waals surface area contributed by atoms with Crippen molar-refractivity contribution in [3.8, 4) is 28.9 Å². The van der Waals surface area contributed by atoms with E-state index in [2.05, 4.69) is 57.9 Å². The predicted molar refractivity (Wildman–Crippen MR) is 137 cm³/mol. The molecule has 0 fully saturated rings. The summed E-state index contributed by atoms with van der Waals surface area (Å²) in [6, 6.07) is 19.1. The van der Waals surface area contributed by atoms with Crippen molar-refractivity contribution >= 4 is 11.8 Å². The van der Waals surface area contributed by atoms with Gasteiger partial charge in [-0.2, -0.15) is 5.26 Å². The molecule has 0 saturated carbocycles. The first-order valence-electron chi connectivity index (χ1n) is 11.5. The largest absolute Gasteiger partial charge is 0.491 e. The van der Waals surface area contributed by atoms with Gasteiger partial charge in [0, 0.05) is 23.7 Å². The summed E-state index contributed by atoms with van der Waals surface area (Å²) in [5.41, 5.74) is 4.95. The van der Waals surface area contributed by atoms with Crippen LogP contribution in [0.1, 0.15) is 30.5 Å². The van der Waals surface area contributed by atoms with Crippen LogP contribution in [0.2, 0.25) is 0 Å². The molecule has 178 valence electrons. The second kappa shape index (κ2) is 11.6. The number of aliphatic hydroxyl groups excluding tert-OH is 1. The van der Waals surface area contributed by atoms with Gasteiger partial charge in [-0.05, 0) is 60.4 Å². The average molecular weight is 486 g/mol. The maximum atomic E-state index is 10.6. The number of pyridine rings is 1. The molecule has 0 radical (unpaired) electrons. The van der Waals surface area contributed by atoms with Gasteiger partial charge in [-0.1, -0.05) is 43.8 Å². The molecule has 0 saturated heterocycles. The molecule has 0 aliphatic carbocycles. The molecule has 2 heterocycles. The van der Waals surface area contributed by atoms with Crippen LogP contribution >= 0.6 is 11.8 Å². The van der Waals surface area contributed by atoms with E-state index in [-0.39, 0.29) is 6.61 Å². The molecule has 1 atom stereocenters. The smallest absolute Gasteiger partial charge is 0.196 e. The van der Waals surface area contributed by atoms with Crippen molar-refractivity contribution in [2.24, 2.45) is 0 Å². The van der Waals surface area contributed by atoms with Crippen LogP contribution < -0.4 is 4.74 Å². The monoisotopic (exact) mass is 485 g/mol. The van der Waals surface area contributed by atoms with E-state index in [1.165, 1.54) is 22.9 Å². The number of aliphatic hydroxyl groups is 1. The molecule has 1 N–H and O–H groups in total. The normalized spacial score (nSPS) is 11.7. The van der Waals surface area contributed by atoms with Crippen molar-refractivity contribution in [3.05, 3.63) is 83.7 Å². The molecular weight excluding hydrogens is 458 g/mol. The van der Waals surface area contributed by atoms with Crippen molar-refractivity contribution in [2.75, 3.05) is 12.4 Å². The molecular formula is C27H27N5O2S. The van der Waals surface area contributed by atoms with E-state index in [1.807, 2.05) is 12.1 Å². The first kappa shape index (κ1) is 24.5. The minimum atomic E-state index is -0.713. The topological polar surface area (TPSA) is 96.8 Å². The fourth-order valence-electron chi connectivity index (χ4n) is 3.79. The average Bonchev–Trinajstić information content (AvgIpc) is 3.34. The van der Waals surface area contributed by atoms with E-state index in [1.54, 1.807) is 36.7 Å². The van der Waals surface area contributed by atoms with Gasteiger partial charge >= 0.3 is 0 Å². The predicted octanol–water partition coefficient (Wildman–Crippen LogP) is 4.86. The summed E-state index contributed by atoms with van der Waals surface area (Å²) in [7, 11) is 0. The third-order valence-electron chi connectivity index (χ3n) is 5.57. The molecule has 8 heteroatoms. The second-order valence-electron chi connectivity index (χ2n) is 7.93. The fourth-order valence-corrected chi connectivity index (χ4v) is 4.63. The Bertz CT molecular complexity index is 1280. The van der Waals surface area contributed by atoms with E-state index in [0.29, 0.717) is 22.2 Å². The first-order valence-corrected chi connectivity index (χ1v) is 12.5. The van der Waals surface area contributed by atoms with Crippen LogP contribution in [0.3, 0.4) is 0 Å². The highest BCUT2D eigenvalue weighted by Crippen LogP contribution is 2.32. The van der Waals surface area contributed by atoms with Crippen LogP contribution in [-0.4, -0.2) is 43.3 Å². The number of ether oxygens (including phenoxy) is 1. The Labute approximate surface area is 209 Å². The molecule has 0 bridgehead atoms. The van der Waals surface area contributed by atoms with Crippen LogP contribution in [0.4, 0.5) is 0 Å². The number of hydrogen-bond acceptors (Lipinski definition) is 7. The lowest BCUT2D eigenvalue weighted by atomic mass is 10.0. The summed E-state index contributed by atoms with van der Waals surface area (Å²) >= 11 is 1.44. The van der Waals surface area contributed by atoms with Crippen molar-refractivity contribution in [2.45, 2.75) is 37.9 Å². The Kier molecular flexibility index (Phi) is 8.14. The molecule has 0 amide bonds. The zero-order valence-electron chi connectivity index (χ0n) is 19.8. The highest BCUT2D eigenvalue weighted by Gasteiger charge is 2.21. The van der Waals surface area contributed by atoms with E-state index in [0.717, 1.165) is 29.9 Å². The molecule has 2 aromatic carbocycles. The summed E-state index contributed by atoms with van der Waals surface area (Å²) in [5, 5.41) is 29.2. The van der Waals surface area contributed by atoms with Crippen LogP contribution in [0, 0.1) is 11.3 Å². The Morgan fingerprint density at radius 2 is 1.77 bits per heavy atom. The number of aromatic nitrogens is 4. The van der Waals surface area contributed by atoms with Crippen LogP contribution in [0.15, 0.2) is 72.1 Å². The lowest BCUT2D eigenvalue weighted by molar-refractivity contribution is 0.126. The molecule has 2 aromatic heterocycles. The Balaban J connectivity index is 1.59. The van der Waals surface area contributed by atoms with Gasteiger partial charge in [-0.15, -0.1) is 10.2 Å². The maximum absolute atomic E-state index is 10.6. The molecule has 1 unspecified atom stereocenters. The second-order valence-corrected chi connectivity index (χ2v) is 8.91. The van der Waals surface area contributed by atoms with E-state index in [4.69, 9.17) is 10.00 Å². The van der Waals surface area contributed by atoms with Gasteiger partial charge in [0.2, 0.25) is 0 Å². The number of thioether (sulfide) groups is 1. The highest BCUT2D eigenvalue weighted by molar-refractivity contribution is 7.99. The lowest BCUT2D eigenvalue weighted by Crippen LogP contribution is -2.20. The standard InChI is InChI=1S/C27H27N5O2S/c1-3-20-7-5-8-21(4-2)25(20)32-26(22-9-6-14-29-16-22)30-31-27(32)35-18-23(33)17-34-24-12-10-19(15-28)11-13-24/h5-14,16,23,33H,3-4,17-18H2,1-2H3. The summed E-state index contributed by atoms with van der Waals surface area (Å²) in [6.07, 6.45) is 4.56. The summed E-state index contributed by atoms with van der Waals surface area (Å²) < 4.78 is 7.79. The van der Waals surface area contributed by atoms with E-state index < -0.39 is 6.10 Å². The molecule has 0 spiro atoms. The molecule has 4 aromatic rings. The Hall–Kier alpha value is -3.67. The van der Waals surface area contributed by atoms with Gasteiger partial charge < -0.3 is 9.84 Å². The van der Waals surface area contributed by atoms with Crippen LogP contribution in [0.5, 0.6) is 5.75 Å². The third kappa shape index (κ3) is 5.70. The summed E-state index contributed by atoms with van der Waals surface area (Å²) in [5.74, 6) is 1.72. The summed E-state index contributed by atoms with van der Waals surface area (Å²) in [4.78, 5) is 4.27. The van der Waals surface area contributed by atoms with Crippen molar-refractivity contribution in [3.63, 3.8) is 0 Å². The van der Waals surface area contributed by atoms with Gasteiger partial charge in [0.15, 0.2) is 11.0 Å². The zero-order chi connectivity index (χ0) is 24.6.